The molecule has 32 heavy (non-hydrogen) atoms. The number of benzene rings is 2. The third kappa shape index (κ3) is 4.02. The lowest BCUT2D eigenvalue weighted by Crippen LogP contribution is -2.40. The number of H-pyrrole nitrogens is 1. The largest absolute Gasteiger partial charge is 0.329 e. The summed E-state index contributed by atoms with van der Waals surface area (Å²) < 4.78 is 14.1. The predicted molar refractivity (Wildman–Crippen MR) is 118 cm³/mol. The van der Waals surface area contributed by atoms with Crippen LogP contribution in [0.25, 0.3) is 11.3 Å². The van der Waals surface area contributed by atoms with E-state index in [2.05, 4.69) is 26.1 Å². The van der Waals surface area contributed by atoms with Gasteiger partial charge in [-0.2, -0.15) is 5.10 Å². The lowest BCUT2D eigenvalue weighted by atomic mass is 10.1. The molecule has 2 heterocycles. The predicted octanol–water partition coefficient (Wildman–Crippen LogP) is 4.00. The second kappa shape index (κ2) is 7.80. The summed E-state index contributed by atoms with van der Waals surface area (Å²) >= 11 is 0. The minimum atomic E-state index is -1.01. The van der Waals surface area contributed by atoms with Gasteiger partial charge in [0.05, 0.1) is 11.4 Å². The number of hydrogen-bond acceptors (Lipinski definition) is 4. The van der Waals surface area contributed by atoms with Crippen LogP contribution in [0.3, 0.4) is 0 Å². The fourth-order valence-corrected chi connectivity index (χ4v) is 3.35. The van der Waals surface area contributed by atoms with Crippen LogP contribution in [0.5, 0.6) is 0 Å². The van der Waals surface area contributed by atoms with Gasteiger partial charge in [0.1, 0.15) is 11.4 Å². The zero-order chi connectivity index (χ0) is 23.0. The van der Waals surface area contributed by atoms with Crippen molar-refractivity contribution in [1.82, 2.24) is 15.5 Å². The summed E-state index contributed by atoms with van der Waals surface area (Å²) in [5, 5.41) is 14.5. The number of nitrogens with one attached hydrogen (secondary N) is 4. The van der Waals surface area contributed by atoms with Crippen LogP contribution < -0.4 is 20.9 Å². The average Bonchev–Trinajstić information content (AvgIpc) is 3.25. The van der Waals surface area contributed by atoms with Crippen LogP contribution in [0.15, 0.2) is 48.5 Å². The van der Waals surface area contributed by atoms with Gasteiger partial charge >= 0.3 is 12.1 Å². The second-order valence-corrected chi connectivity index (χ2v) is 7.98. The minimum absolute atomic E-state index is 0.199. The number of hydrogen-bond donors (Lipinski definition) is 4. The van der Waals surface area contributed by atoms with Gasteiger partial charge in [0, 0.05) is 17.3 Å². The van der Waals surface area contributed by atoms with E-state index >= 15 is 0 Å². The third-order valence-corrected chi connectivity index (χ3v) is 4.95. The van der Waals surface area contributed by atoms with Crippen molar-refractivity contribution >= 4 is 35.2 Å². The minimum Gasteiger partial charge on any atom is -0.323 e. The van der Waals surface area contributed by atoms with E-state index in [0.717, 1.165) is 10.5 Å². The van der Waals surface area contributed by atoms with E-state index in [4.69, 9.17) is 0 Å². The van der Waals surface area contributed by atoms with Crippen LogP contribution in [0.2, 0.25) is 0 Å². The summed E-state index contributed by atoms with van der Waals surface area (Å²) in [6.07, 6.45) is 0. The normalized spacial score (nSPS) is 14.9. The first kappa shape index (κ1) is 21.0. The Kier molecular flexibility index (Phi) is 5.13. The molecule has 2 aromatic carbocycles. The molecule has 0 spiro atoms. The van der Waals surface area contributed by atoms with E-state index in [-0.39, 0.29) is 5.82 Å². The van der Waals surface area contributed by atoms with Gasteiger partial charge in [0.15, 0.2) is 5.82 Å². The summed E-state index contributed by atoms with van der Waals surface area (Å²) in [5.74, 6) is -0.599. The molecule has 4 N–H and O–H groups in total. The molecular formula is C22H21FN6O3. The second-order valence-electron chi connectivity index (χ2n) is 7.98. The Labute approximate surface area is 183 Å². The van der Waals surface area contributed by atoms with Crippen molar-refractivity contribution < 1.29 is 18.8 Å². The highest BCUT2D eigenvalue weighted by Crippen LogP contribution is 2.27. The Hall–Kier alpha value is -4.21. The number of imide groups is 1. The van der Waals surface area contributed by atoms with Crippen LogP contribution >= 0.6 is 0 Å². The number of carbonyl (C=O) groups is 3. The van der Waals surface area contributed by atoms with Crippen molar-refractivity contribution in [3.8, 4) is 11.3 Å². The Balaban J connectivity index is 1.46. The van der Waals surface area contributed by atoms with E-state index < -0.39 is 29.3 Å². The standard InChI is InChI=1S/C22H21FN6O3/c1-12-7-8-16(23)15(9-12)17-11-18(28-27-17)25-20(31)24-13-5-4-6-14(10-13)29-19(30)22(2,3)26-21(29)32/h4-11H,1-3H3,(H,26,32)(H3,24,25,27,28,31). The quantitative estimate of drug-likeness (QED) is 0.462. The highest BCUT2D eigenvalue weighted by atomic mass is 19.1. The molecular weight excluding hydrogens is 415 g/mol. The molecule has 5 amide bonds. The van der Waals surface area contributed by atoms with Gasteiger partial charge in [-0.15, -0.1) is 0 Å². The number of aromatic nitrogens is 2. The molecule has 1 saturated heterocycles. The maximum Gasteiger partial charge on any atom is 0.329 e. The van der Waals surface area contributed by atoms with Gasteiger partial charge in [-0.05, 0) is 51.1 Å². The molecule has 1 aliphatic rings. The van der Waals surface area contributed by atoms with Crippen LogP contribution in [-0.4, -0.2) is 33.7 Å². The van der Waals surface area contributed by atoms with Crippen LogP contribution in [0, 0.1) is 12.7 Å². The molecule has 9 nitrogen and oxygen atoms in total. The highest BCUT2D eigenvalue weighted by molar-refractivity contribution is 6.23. The molecule has 1 fully saturated rings. The molecule has 0 saturated carbocycles. The smallest absolute Gasteiger partial charge is 0.323 e. The number of halogens is 1. The van der Waals surface area contributed by atoms with Gasteiger partial charge in [0.25, 0.3) is 5.91 Å². The zero-order valence-corrected chi connectivity index (χ0v) is 17.6. The van der Waals surface area contributed by atoms with Crippen molar-refractivity contribution in [3.05, 3.63) is 59.9 Å². The lowest BCUT2D eigenvalue weighted by Gasteiger charge is -2.16. The number of urea groups is 2. The molecule has 0 unspecified atom stereocenters. The van der Waals surface area contributed by atoms with Crippen molar-refractivity contribution in [2.24, 2.45) is 0 Å². The zero-order valence-electron chi connectivity index (χ0n) is 17.6. The van der Waals surface area contributed by atoms with Crippen LogP contribution in [0.4, 0.5) is 31.2 Å². The van der Waals surface area contributed by atoms with Crippen molar-refractivity contribution in [3.63, 3.8) is 0 Å². The van der Waals surface area contributed by atoms with Crippen LogP contribution in [-0.2, 0) is 4.79 Å². The summed E-state index contributed by atoms with van der Waals surface area (Å²) in [7, 11) is 0. The number of amides is 5. The monoisotopic (exact) mass is 436 g/mol. The highest BCUT2D eigenvalue weighted by Gasteiger charge is 2.45. The fourth-order valence-electron chi connectivity index (χ4n) is 3.35. The Morgan fingerprint density at radius 3 is 2.59 bits per heavy atom. The molecule has 1 aliphatic heterocycles. The number of rotatable bonds is 4. The molecule has 4 rings (SSSR count). The lowest BCUT2D eigenvalue weighted by molar-refractivity contribution is -0.121. The van der Waals surface area contributed by atoms with E-state index in [1.807, 2.05) is 6.92 Å². The summed E-state index contributed by atoms with van der Waals surface area (Å²) in [5.41, 5.74) is 1.34. The number of carbonyl (C=O) groups excluding carboxylic acids is 3. The van der Waals surface area contributed by atoms with Crippen molar-refractivity contribution in [2.45, 2.75) is 26.3 Å². The number of anilines is 3. The maximum absolute atomic E-state index is 14.1. The first-order chi connectivity index (χ1) is 15.1. The Bertz CT molecular complexity index is 1240. The van der Waals surface area contributed by atoms with E-state index in [1.165, 1.54) is 18.2 Å². The van der Waals surface area contributed by atoms with Gasteiger partial charge in [-0.3, -0.25) is 15.2 Å². The number of aryl methyl sites for hydroxylation is 1. The van der Waals surface area contributed by atoms with Gasteiger partial charge in [0.2, 0.25) is 0 Å². The molecule has 0 atom stereocenters. The summed E-state index contributed by atoms with van der Waals surface area (Å²) in [6, 6.07) is 11.4. The summed E-state index contributed by atoms with van der Waals surface area (Å²) in [4.78, 5) is 38.1. The first-order valence-electron chi connectivity index (χ1n) is 9.81. The van der Waals surface area contributed by atoms with Crippen LogP contribution in [0.1, 0.15) is 19.4 Å². The molecule has 0 radical (unpaired) electrons. The SMILES string of the molecule is Cc1ccc(F)c(-c2cc(NC(=O)Nc3cccc(N4C(=O)NC(C)(C)C4=O)c3)n[nH]2)c1. The van der Waals surface area contributed by atoms with Crippen molar-refractivity contribution in [1.29, 1.82) is 0 Å². The number of nitrogens with zero attached hydrogens (tertiary/aromatic N) is 2. The van der Waals surface area contributed by atoms with E-state index in [1.54, 1.807) is 44.2 Å². The van der Waals surface area contributed by atoms with Gasteiger partial charge in [-0.1, -0.05) is 17.7 Å². The Morgan fingerprint density at radius 1 is 1.09 bits per heavy atom. The maximum atomic E-state index is 14.1. The van der Waals surface area contributed by atoms with Gasteiger partial charge < -0.3 is 10.6 Å². The van der Waals surface area contributed by atoms with Gasteiger partial charge in [-0.25, -0.2) is 18.9 Å². The first-order valence-corrected chi connectivity index (χ1v) is 9.81. The summed E-state index contributed by atoms with van der Waals surface area (Å²) in [6.45, 7) is 5.08. The van der Waals surface area contributed by atoms with E-state index in [9.17, 15) is 18.8 Å². The fraction of sp³-hybridized carbons (Fsp3) is 0.182. The molecule has 0 aliphatic carbocycles. The Morgan fingerprint density at radius 2 is 1.88 bits per heavy atom. The molecule has 164 valence electrons. The molecule has 1 aromatic heterocycles. The van der Waals surface area contributed by atoms with E-state index in [0.29, 0.717) is 22.6 Å². The molecule has 10 heteroatoms. The van der Waals surface area contributed by atoms with Crippen molar-refractivity contribution in [2.75, 3.05) is 15.5 Å². The molecule has 3 aromatic rings. The third-order valence-electron chi connectivity index (χ3n) is 4.95. The average molecular weight is 436 g/mol. The topological polar surface area (TPSA) is 119 Å². The number of aromatic amines is 1. The molecule has 0 bridgehead atoms.